The van der Waals surface area contributed by atoms with Crippen molar-refractivity contribution in [2.45, 2.75) is 42.4 Å². The number of hydrogen-bond acceptors (Lipinski definition) is 10. The lowest BCUT2D eigenvalue weighted by molar-refractivity contribution is 0.00695. The number of nitrogens with two attached hydrogens (primary N) is 1. The summed E-state index contributed by atoms with van der Waals surface area (Å²) in [6, 6.07) is 19.6. The standard InChI is InChI=1S/C32H38N8O4S/c33-31-28-25(26-13-17-40(38-26)45(43,44)24-10-5-2-6-11-24)20-39(32(28)37-21-36-31)27-18-23(29(41)30(27)42)19-35-15-7-14-34-16-12-22-8-3-1-4-9-22/h1-6,8-11,13,17,20-21,23,27,29-30,34-35,41-42H,7,12,14-16,18-19H2,(H2,33,36,37)/t23-,27-,29-,30+/m1/s1. The Labute approximate surface area is 262 Å². The zero-order valence-corrected chi connectivity index (χ0v) is 25.6. The Morgan fingerprint density at radius 3 is 2.42 bits per heavy atom. The van der Waals surface area contributed by atoms with Gasteiger partial charge in [-0.2, -0.15) is 17.6 Å². The second kappa shape index (κ2) is 13.5. The van der Waals surface area contributed by atoms with E-state index in [4.69, 9.17) is 5.73 Å². The van der Waals surface area contributed by atoms with Crippen molar-refractivity contribution >= 4 is 26.9 Å². The molecule has 0 saturated heterocycles. The number of rotatable bonds is 13. The van der Waals surface area contributed by atoms with Crippen molar-refractivity contribution in [1.29, 1.82) is 0 Å². The predicted octanol–water partition coefficient (Wildman–Crippen LogP) is 2.21. The topological polar surface area (TPSA) is 173 Å². The molecule has 0 spiro atoms. The highest BCUT2D eigenvalue weighted by atomic mass is 32.2. The van der Waals surface area contributed by atoms with Gasteiger partial charge < -0.3 is 31.1 Å². The normalized spacial score (nSPS) is 20.2. The molecule has 0 aliphatic heterocycles. The van der Waals surface area contributed by atoms with E-state index in [0.717, 1.165) is 36.6 Å². The van der Waals surface area contributed by atoms with Crippen LogP contribution in [0.25, 0.3) is 22.3 Å². The molecule has 45 heavy (non-hydrogen) atoms. The Morgan fingerprint density at radius 2 is 1.64 bits per heavy atom. The van der Waals surface area contributed by atoms with Gasteiger partial charge in [-0.25, -0.2) is 9.97 Å². The van der Waals surface area contributed by atoms with Crippen LogP contribution in [-0.4, -0.2) is 80.7 Å². The number of fused-ring (bicyclic) bond motifs is 1. The molecule has 3 aromatic heterocycles. The highest BCUT2D eigenvalue weighted by Gasteiger charge is 2.43. The van der Waals surface area contributed by atoms with Crippen molar-refractivity contribution in [3.8, 4) is 11.3 Å². The molecule has 12 nitrogen and oxygen atoms in total. The fourth-order valence-corrected chi connectivity index (χ4v) is 7.18. The fourth-order valence-electron chi connectivity index (χ4n) is 6.05. The van der Waals surface area contributed by atoms with Crippen LogP contribution >= 0.6 is 0 Å². The van der Waals surface area contributed by atoms with Crippen molar-refractivity contribution < 1.29 is 18.6 Å². The molecule has 0 amide bonds. The first-order valence-corrected chi connectivity index (χ1v) is 16.6. The van der Waals surface area contributed by atoms with Gasteiger partial charge in [0.1, 0.15) is 23.9 Å². The van der Waals surface area contributed by atoms with Crippen LogP contribution in [0, 0.1) is 5.92 Å². The van der Waals surface area contributed by atoms with Crippen LogP contribution in [0.2, 0.25) is 0 Å². The van der Waals surface area contributed by atoms with E-state index >= 15 is 0 Å². The summed E-state index contributed by atoms with van der Waals surface area (Å²) >= 11 is 0. The molecule has 1 saturated carbocycles. The van der Waals surface area contributed by atoms with Crippen molar-refractivity contribution in [2.75, 3.05) is 31.9 Å². The number of nitrogens with one attached hydrogen (secondary N) is 2. The molecule has 13 heteroatoms. The molecule has 0 unspecified atom stereocenters. The predicted molar refractivity (Wildman–Crippen MR) is 172 cm³/mol. The maximum absolute atomic E-state index is 13.1. The van der Waals surface area contributed by atoms with Crippen molar-refractivity contribution in [3.63, 3.8) is 0 Å². The van der Waals surface area contributed by atoms with Gasteiger partial charge in [0.05, 0.1) is 28.1 Å². The molecule has 1 aliphatic carbocycles. The Morgan fingerprint density at radius 1 is 0.911 bits per heavy atom. The van der Waals surface area contributed by atoms with E-state index in [2.05, 4.69) is 50.0 Å². The van der Waals surface area contributed by atoms with Gasteiger partial charge in [-0.3, -0.25) is 0 Å². The van der Waals surface area contributed by atoms with Gasteiger partial charge in [0.2, 0.25) is 0 Å². The zero-order chi connectivity index (χ0) is 31.4. The lowest BCUT2D eigenvalue weighted by Crippen LogP contribution is -2.34. The van der Waals surface area contributed by atoms with E-state index in [-0.39, 0.29) is 16.6 Å². The lowest BCUT2D eigenvalue weighted by atomic mass is 10.1. The average Bonchev–Trinajstić information content (AvgIpc) is 3.77. The van der Waals surface area contributed by atoms with Gasteiger partial charge in [-0.05, 0) is 62.7 Å². The molecule has 0 bridgehead atoms. The van der Waals surface area contributed by atoms with E-state index in [1.165, 1.54) is 30.2 Å². The van der Waals surface area contributed by atoms with Crippen molar-refractivity contribution in [3.05, 3.63) is 91.0 Å². The minimum absolute atomic E-state index is 0.118. The number of hydrogen-bond donors (Lipinski definition) is 5. The minimum atomic E-state index is -3.90. The summed E-state index contributed by atoms with van der Waals surface area (Å²) in [6.45, 7) is 3.16. The van der Waals surface area contributed by atoms with Gasteiger partial charge in [0, 0.05) is 30.4 Å². The van der Waals surface area contributed by atoms with Gasteiger partial charge in [0.25, 0.3) is 10.0 Å². The zero-order valence-electron chi connectivity index (χ0n) is 24.8. The summed E-state index contributed by atoms with van der Waals surface area (Å²) in [5.41, 5.74) is 8.98. The van der Waals surface area contributed by atoms with Crippen LogP contribution in [0.4, 0.5) is 5.82 Å². The van der Waals surface area contributed by atoms with Gasteiger partial charge in [-0.1, -0.05) is 48.5 Å². The maximum atomic E-state index is 13.1. The number of benzene rings is 2. The SMILES string of the molecule is Nc1ncnc2c1c(-c1ccn(S(=O)(=O)c3ccccc3)n1)cn2[C@@H]1C[C@H](CNCCCNCCc2ccccc2)[C@@H](O)[C@H]1O. The third-order valence-electron chi connectivity index (χ3n) is 8.44. The quantitative estimate of drug-likeness (QED) is 0.121. The Hall–Kier alpha value is -4.14. The van der Waals surface area contributed by atoms with Crippen molar-refractivity contribution in [2.24, 2.45) is 5.92 Å². The summed E-state index contributed by atoms with van der Waals surface area (Å²) < 4.78 is 29.0. The second-order valence-corrected chi connectivity index (χ2v) is 13.2. The number of anilines is 1. The van der Waals surface area contributed by atoms with E-state index in [1.54, 1.807) is 35.0 Å². The number of aliphatic hydroxyl groups excluding tert-OH is 2. The molecule has 3 heterocycles. The smallest absolute Gasteiger partial charge is 0.282 e. The molecule has 4 atom stereocenters. The number of nitrogens with zero attached hydrogens (tertiary/aromatic N) is 5. The van der Waals surface area contributed by atoms with Crippen LogP contribution in [-0.2, 0) is 16.4 Å². The summed E-state index contributed by atoms with van der Waals surface area (Å²) in [5.74, 6) is 0.0317. The van der Waals surface area contributed by atoms with Gasteiger partial charge in [-0.15, -0.1) is 0 Å². The summed E-state index contributed by atoms with van der Waals surface area (Å²) in [6.07, 6.45) is 4.97. The number of aliphatic hydroxyl groups is 2. The lowest BCUT2D eigenvalue weighted by Gasteiger charge is -2.19. The van der Waals surface area contributed by atoms with E-state index in [0.29, 0.717) is 35.3 Å². The largest absolute Gasteiger partial charge is 0.390 e. The highest BCUT2D eigenvalue weighted by molar-refractivity contribution is 7.89. The molecule has 2 aromatic carbocycles. The summed E-state index contributed by atoms with van der Waals surface area (Å²) in [4.78, 5) is 8.72. The minimum Gasteiger partial charge on any atom is -0.390 e. The van der Waals surface area contributed by atoms with Crippen LogP contribution in [0.15, 0.2) is 90.3 Å². The maximum Gasteiger partial charge on any atom is 0.282 e. The Kier molecular flexibility index (Phi) is 9.24. The van der Waals surface area contributed by atoms with Crippen LogP contribution in [0.3, 0.4) is 0 Å². The Balaban J connectivity index is 1.12. The van der Waals surface area contributed by atoms with Gasteiger partial charge in [0.15, 0.2) is 0 Å². The second-order valence-electron chi connectivity index (χ2n) is 11.4. The molecule has 5 aromatic rings. The van der Waals surface area contributed by atoms with E-state index in [1.807, 2.05) is 6.07 Å². The van der Waals surface area contributed by atoms with Gasteiger partial charge >= 0.3 is 0 Å². The third-order valence-corrected chi connectivity index (χ3v) is 10.0. The first kappa shape index (κ1) is 30.9. The fraction of sp³-hybridized carbons (Fsp3) is 0.344. The molecule has 236 valence electrons. The first-order chi connectivity index (χ1) is 21.8. The van der Waals surface area contributed by atoms with E-state index in [9.17, 15) is 18.6 Å². The monoisotopic (exact) mass is 630 g/mol. The highest BCUT2D eigenvalue weighted by Crippen LogP contribution is 2.40. The van der Waals surface area contributed by atoms with E-state index < -0.39 is 28.3 Å². The van der Waals surface area contributed by atoms with Crippen LogP contribution < -0.4 is 16.4 Å². The molecule has 6 rings (SSSR count). The molecule has 1 fully saturated rings. The molecule has 0 radical (unpaired) electrons. The average molecular weight is 631 g/mol. The molecule has 1 aliphatic rings. The Bertz CT molecular complexity index is 1830. The molecular formula is C32H38N8O4S. The first-order valence-electron chi connectivity index (χ1n) is 15.1. The number of aromatic nitrogens is 5. The summed E-state index contributed by atoms with van der Waals surface area (Å²) in [5, 5.41) is 33.9. The van der Waals surface area contributed by atoms with Crippen molar-refractivity contribution in [1.82, 2.24) is 34.4 Å². The summed E-state index contributed by atoms with van der Waals surface area (Å²) in [7, 11) is -3.90. The van der Waals surface area contributed by atoms with Crippen LogP contribution in [0.1, 0.15) is 24.4 Å². The molecular weight excluding hydrogens is 592 g/mol. The molecule has 6 N–H and O–H groups in total. The number of nitrogen functional groups attached to an aromatic ring is 1. The van der Waals surface area contributed by atoms with Crippen LogP contribution in [0.5, 0.6) is 0 Å². The third kappa shape index (κ3) is 6.49.